The standard InChI is InChI=1S/C24H23F4N3O3/c1-12(2)9-31(24(33)29-14-4-6-18(26)17(8-14)22(27)28)20-11-34-10-19-21(20)15-5-3-13(25)7-16(15)23(32)30-19/h3-8,12,20,22H,9-11H2,1-2H3,(H,29,33)(H,30,32). The highest BCUT2D eigenvalue weighted by molar-refractivity contribution is 5.91. The number of anilines is 1. The van der Waals surface area contributed by atoms with Crippen molar-refractivity contribution in [1.29, 1.82) is 0 Å². The number of aromatic amines is 1. The number of aromatic nitrogens is 1. The molecular weight excluding hydrogens is 454 g/mol. The SMILES string of the molecule is CC(C)CN(C(=O)Nc1ccc(F)c(C(F)F)c1)C1COCc2[nH]c(=O)c3cc(F)ccc3c21. The number of hydrogen-bond donors (Lipinski definition) is 2. The van der Waals surface area contributed by atoms with E-state index in [1.165, 1.54) is 23.1 Å². The van der Waals surface area contributed by atoms with Crippen LogP contribution in [0.2, 0.25) is 0 Å². The van der Waals surface area contributed by atoms with Crippen LogP contribution in [-0.4, -0.2) is 29.1 Å². The molecule has 0 radical (unpaired) electrons. The first kappa shape index (κ1) is 23.7. The van der Waals surface area contributed by atoms with Crippen LogP contribution in [0.4, 0.5) is 28.0 Å². The number of halogens is 4. The van der Waals surface area contributed by atoms with Gasteiger partial charge in [-0.1, -0.05) is 19.9 Å². The van der Waals surface area contributed by atoms with E-state index in [4.69, 9.17) is 4.74 Å². The molecule has 1 aromatic heterocycles. The van der Waals surface area contributed by atoms with Gasteiger partial charge >= 0.3 is 6.03 Å². The molecule has 0 saturated heterocycles. The third-order valence-electron chi connectivity index (χ3n) is 5.64. The second-order valence-corrected chi connectivity index (χ2v) is 8.58. The summed E-state index contributed by atoms with van der Waals surface area (Å²) in [6, 6.07) is 5.59. The topological polar surface area (TPSA) is 74.4 Å². The van der Waals surface area contributed by atoms with Gasteiger partial charge in [0.15, 0.2) is 0 Å². The molecule has 2 heterocycles. The number of rotatable bonds is 5. The summed E-state index contributed by atoms with van der Waals surface area (Å²) in [6.07, 6.45) is -3.04. The maximum absolute atomic E-state index is 13.8. The summed E-state index contributed by atoms with van der Waals surface area (Å²) in [6.45, 7) is 4.29. The smallest absolute Gasteiger partial charge is 0.322 e. The lowest BCUT2D eigenvalue weighted by molar-refractivity contribution is 0.0425. The molecule has 6 nitrogen and oxygen atoms in total. The Bertz CT molecular complexity index is 1290. The van der Waals surface area contributed by atoms with E-state index >= 15 is 0 Å². The minimum Gasteiger partial charge on any atom is -0.373 e. The van der Waals surface area contributed by atoms with E-state index in [9.17, 15) is 27.2 Å². The Kier molecular flexibility index (Phi) is 6.60. The van der Waals surface area contributed by atoms with Crippen molar-refractivity contribution in [2.45, 2.75) is 32.9 Å². The zero-order valence-electron chi connectivity index (χ0n) is 18.5. The quantitative estimate of drug-likeness (QED) is 0.476. The van der Waals surface area contributed by atoms with Gasteiger partial charge in [0.25, 0.3) is 12.0 Å². The van der Waals surface area contributed by atoms with Gasteiger partial charge < -0.3 is 19.9 Å². The Balaban J connectivity index is 1.76. The molecule has 1 unspecified atom stereocenters. The number of carbonyl (C=O) groups excluding carboxylic acids is 1. The highest BCUT2D eigenvalue weighted by Gasteiger charge is 2.33. The van der Waals surface area contributed by atoms with Gasteiger partial charge in [-0.2, -0.15) is 0 Å². The highest BCUT2D eigenvalue weighted by Crippen LogP contribution is 2.35. The molecule has 4 rings (SSSR count). The molecule has 1 aliphatic rings. The molecule has 0 spiro atoms. The largest absolute Gasteiger partial charge is 0.373 e. The third kappa shape index (κ3) is 4.63. The normalized spacial score (nSPS) is 15.6. The number of amides is 2. The molecule has 0 bridgehead atoms. The molecule has 180 valence electrons. The number of alkyl halides is 2. The summed E-state index contributed by atoms with van der Waals surface area (Å²) in [5.41, 5.74) is -0.165. The van der Waals surface area contributed by atoms with E-state index in [1.807, 2.05) is 13.8 Å². The average molecular weight is 477 g/mol. The molecule has 1 atom stereocenters. The first-order valence-electron chi connectivity index (χ1n) is 10.7. The number of urea groups is 1. The second-order valence-electron chi connectivity index (χ2n) is 8.58. The number of ether oxygens (including phenoxy) is 1. The number of carbonyl (C=O) groups is 1. The molecule has 34 heavy (non-hydrogen) atoms. The zero-order valence-corrected chi connectivity index (χ0v) is 18.5. The fraction of sp³-hybridized carbons (Fsp3) is 0.333. The van der Waals surface area contributed by atoms with Crippen LogP contribution in [0.3, 0.4) is 0 Å². The van der Waals surface area contributed by atoms with Gasteiger partial charge in [-0.3, -0.25) is 4.79 Å². The summed E-state index contributed by atoms with van der Waals surface area (Å²) in [7, 11) is 0. The monoisotopic (exact) mass is 477 g/mol. The molecule has 1 aliphatic heterocycles. The van der Waals surface area contributed by atoms with E-state index in [0.29, 0.717) is 16.6 Å². The lowest BCUT2D eigenvalue weighted by Gasteiger charge is -2.37. The Morgan fingerprint density at radius 3 is 2.65 bits per heavy atom. The van der Waals surface area contributed by atoms with Gasteiger partial charge in [-0.15, -0.1) is 0 Å². The number of H-pyrrole nitrogens is 1. The molecular formula is C24H23F4N3O3. The molecule has 2 aromatic carbocycles. The minimum atomic E-state index is -3.04. The van der Waals surface area contributed by atoms with Crippen molar-refractivity contribution < 1.29 is 27.1 Å². The van der Waals surface area contributed by atoms with Gasteiger partial charge in [0.2, 0.25) is 0 Å². The van der Waals surface area contributed by atoms with Crippen LogP contribution in [-0.2, 0) is 11.3 Å². The van der Waals surface area contributed by atoms with Gasteiger partial charge in [0.1, 0.15) is 11.6 Å². The van der Waals surface area contributed by atoms with E-state index in [1.54, 1.807) is 0 Å². The molecule has 3 aromatic rings. The van der Waals surface area contributed by atoms with Crippen LogP contribution in [0.25, 0.3) is 10.8 Å². The van der Waals surface area contributed by atoms with Gasteiger partial charge in [0, 0.05) is 23.5 Å². The fourth-order valence-electron chi connectivity index (χ4n) is 4.20. The Morgan fingerprint density at radius 2 is 1.94 bits per heavy atom. The number of nitrogens with one attached hydrogen (secondary N) is 2. The van der Waals surface area contributed by atoms with Crippen LogP contribution in [0.5, 0.6) is 0 Å². The molecule has 0 aliphatic carbocycles. The van der Waals surface area contributed by atoms with Crippen LogP contribution < -0.4 is 10.9 Å². The average Bonchev–Trinajstić information content (AvgIpc) is 2.78. The van der Waals surface area contributed by atoms with Crippen molar-refractivity contribution in [2.24, 2.45) is 5.92 Å². The molecule has 0 fully saturated rings. The van der Waals surface area contributed by atoms with Crippen molar-refractivity contribution >= 4 is 22.5 Å². The third-order valence-corrected chi connectivity index (χ3v) is 5.64. The zero-order chi connectivity index (χ0) is 24.6. The number of benzene rings is 2. The number of hydrogen-bond acceptors (Lipinski definition) is 3. The van der Waals surface area contributed by atoms with E-state index in [0.717, 1.165) is 18.2 Å². The fourth-order valence-corrected chi connectivity index (χ4v) is 4.20. The van der Waals surface area contributed by atoms with Crippen LogP contribution in [0, 0.1) is 17.6 Å². The number of nitrogens with zero attached hydrogens (tertiary/aromatic N) is 1. The van der Waals surface area contributed by atoms with Crippen molar-refractivity contribution in [3.05, 3.63) is 75.2 Å². The van der Waals surface area contributed by atoms with Crippen molar-refractivity contribution in [2.75, 3.05) is 18.5 Å². The molecule has 2 N–H and O–H groups in total. The lowest BCUT2D eigenvalue weighted by atomic mass is 9.95. The van der Waals surface area contributed by atoms with E-state index < -0.39 is 41.3 Å². The van der Waals surface area contributed by atoms with E-state index in [2.05, 4.69) is 10.3 Å². The maximum atomic E-state index is 13.8. The Labute approximate surface area is 192 Å². The second kappa shape index (κ2) is 9.46. The summed E-state index contributed by atoms with van der Waals surface area (Å²) < 4.78 is 59.4. The van der Waals surface area contributed by atoms with Crippen molar-refractivity contribution in [3.8, 4) is 0 Å². The number of pyridine rings is 1. The summed E-state index contributed by atoms with van der Waals surface area (Å²) in [5, 5.41) is 3.21. The summed E-state index contributed by atoms with van der Waals surface area (Å²) >= 11 is 0. The maximum Gasteiger partial charge on any atom is 0.322 e. The minimum absolute atomic E-state index is 0.0146. The first-order chi connectivity index (χ1) is 16.2. The Hall–Kier alpha value is -3.40. The summed E-state index contributed by atoms with van der Waals surface area (Å²) in [4.78, 5) is 30.0. The van der Waals surface area contributed by atoms with Crippen molar-refractivity contribution in [1.82, 2.24) is 9.88 Å². The number of fused-ring (bicyclic) bond motifs is 3. The van der Waals surface area contributed by atoms with Crippen LogP contribution in [0.1, 0.15) is 43.1 Å². The van der Waals surface area contributed by atoms with E-state index in [-0.39, 0.29) is 36.8 Å². The highest BCUT2D eigenvalue weighted by atomic mass is 19.3. The first-order valence-corrected chi connectivity index (χ1v) is 10.7. The van der Waals surface area contributed by atoms with Crippen molar-refractivity contribution in [3.63, 3.8) is 0 Å². The predicted molar refractivity (Wildman–Crippen MR) is 119 cm³/mol. The van der Waals surface area contributed by atoms with Gasteiger partial charge in [-0.05, 0) is 41.6 Å². The van der Waals surface area contributed by atoms with Gasteiger partial charge in [-0.25, -0.2) is 22.4 Å². The molecule has 0 saturated carbocycles. The van der Waals surface area contributed by atoms with Gasteiger partial charge in [0.05, 0.1) is 30.2 Å². The lowest BCUT2D eigenvalue weighted by Crippen LogP contribution is -2.44. The van der Waals surface area contributed by atoms with Crippen LogP contribution in [0.15, 0.2) is 41.2 Å². The molecule has 10 heteroatoms. The van der Waals surface area contributed by atoms with Crippen LogP contribution >= 0.6 is 0 Å². The Morgan fingerprint density at radius 1 is 1.18 bits per heavy atom. The summed E-state index contributed by atoms with van der Waals surface area (Å²) in [5.74, 6) is -1.61. The molecule has 2 amide bonds. The predicted octanol–water partition coefficient (Wildman–Crippen LogP) is 5.51.